The van der Waals surface area contributed by atoms with Crippen LogP contribution in [0.5, 0.6) is 0 Å². The van der Waals surface area contributed by atoms with Gasteiger partial charge in [0.05, 0.1) is 10.7 Å². The van der Waals surface area contributed by atoms with Crippen molar-refractivity contribution < 1.29 is 18.7 Å². The first-order valence-corrected chi connectivity index (χ1v) is 8.81. The fourth-order valence-corrected chi connectivity index (χ4v) is 2.67. The number of hydrogen-bond acceptors (Lipinski definition) is 5. The smallest absolute Gasteiger partial charge is 0.363 e. The minimum absolute atomic E-state index is 0.162. The van der Waals surface area contributed by atoms with E-state index in [2.05, 4.69) is 10.4 Å². The summed E-state index contributed by atoms with van der Waals surface area (Å²) in [6.45, 7) is 1.02. The second kappa shape index (κ2) is 8.66. The molecule has 0 aliphatic heterocycles. The van der Waals surface area contributed by atoms with Crippen LogP contribution in [0.4, 0.5) is 10.1 Å². The molecular formula is C20H15ClFN3O4. The summed E-state index contributed by atoms with van der Waals surface area (Å²) >= 11 is 5.64. The van der Waals surface area contributed by atoms with E-state index in [4.69, 9.17) is 16.3 Å². The number of ether oxygens (including phenoxy) is 1. The third kappa shape index (κ3) is 4.85. The number of carbonyl (C=O) groups is 2. The van der Waals surface area contributed by atoms with E-state index in [-0.39, 0.29) is 10.7 Å². The molecule has 0 aliphatic rings. The molecule has 9 heteroatoms. The fourth-order valence-electron chi connectivity index (χ4n) is 2.49. The fraction of sp³-hybridized carbons (Fsp3) is 0.100. The molecule has 0 unspecified atom stereocenters. The molecule has 0 bridgehead atoms. The molecule has 2 aromatic carbocycles. The lowest BCUT2D eigenvalue weighted by atomic mass is 10.3. The maximum absolute atomic E-state index is 13.1. The number of aromatic nitrogens is 2. The SMILES string of the molecule is Cc1cc(=O)c(C(=O)OCC(=O)Nc2ccc(F)c(Cl)c2)nn1-c1ccccc1. The molecule has 0 saturated carbocycles. The zero-order valence-electron chi connectivity index (χ0n) is 15.2. The first-order valence-electron chi connectivity index (χ1n) is 8.43. The summed E-state index contributed by atoms with van der Waals surface area (Å²) in [6, 6.07) is 13.8. The molecule has 0 saturated heterocycles. The number of carbonyl (C=O) groups excluding carboxylic acids is 2. The highest BCUT2D eigenvalue weighted by molar-refractivity contribution is 6.31. The van der Waals surface area contributed by atoms with E-state index >= 15 is 0 Å². The lowest BCUT2D eigenvalue weighted by Gasteiger charge is -2.11. The summed E-state index contributed by atoms with van der Waals surface area (Å²) < 4.78 is 19.5. The van der Waals surface area contributed by atoms with Crippen LogP contribution in [0.3, 0.4) is 0 Å². The van der Waals surface area contributed by atoms with Crippen LogP contribution < -0.4 is 10.7 Å². The highest BCUT2D eigenvalue weighted by Gasteiger charge is 2.18. The van der Waals surface area contributed by atoms with Crippen molar-refractivity contribution in [2.24, 2.45) is 0 Å². The number of rotatable bonds is 5. The van der Waals surface area contributed by atoms with Crippen LogP contribution in [-0.2, 0) is 9.53 Å². The van der Waals surface area contributed by atoms with Gasteiger partial charge in [-0.05, 0) is 37.3 Å². The van der Waals surface area contributed by atoms with Crippen LogP contribution in [0.1, 0.15) is 16.2 Å². The summed E-state index contributed by atoms with van der Waals surface area (Å²) in [6.07, 6.45) is 0. The number of amides is 1. The van der Waals surface area contributed by atoms with Gasteiger partial charge in [-0.25, -0.2) is 13.9 Å². The predicted molar refractivity (Wildman–Crippen MR) is 105 cm³/mol. The van der Waals surface area contributed by atoms with Gasteiger partial charge in [-0.3, -0.25) is 9.59 Å². The molecule has 0 fully saturated rings. The molecule has 7 nitrogen and oxygen atoms in total. The highest BCUT2D eigenvalue weighted by Crippen LogP contribution is 2.19. The summed E-state index contributed by atoms with van der Waals surface area (Å²) in [7, 11) is 0. The Hall–Kier alpha value is -3.52. The van der Waals surface area contributed by atoms with E-state index in [0.717, 1.165) is 6.07 Å². The van der Waals surface area contributed by atoms with Gasteiger partial charge in [-0.15, -0.1) is 0 Å². The quantitative estimate of drug-likeness (QED) is 0.646. The minimum Gasteiger partial charge on any atom is -0.451 e. The van der Waals surface area contributed by atoms with Gasteiger partial charge in [0.25, 0.3) is 5.91 Å². The van der Waals surface area contributed by atoms with Crippen LogP contribution >= 0.6 is 11.6 Å². The Labute approximate surface area is 169 Å². The van der Waals surface area contributed by atoms with Crippen molar-refractivity contribution >= 4 is 29.2 Å². The van der Waals surface area contributed by atoms with E-state index in [9.17, 15) is 18.8 Å². The molecule has 1 heterocycles. The lowest BCUT2D eigenvalue weighted by Crippen LogP contribution is -2.27. The Morgan fingerprint density at radius 2 is 1.90 bits per heavy atom. The van der Waals surface area contributed by atoms with Gasteiger partial charge in [0, 0.05) is 17.4 Å². The first-order chi connectivity index (χ1) is 13.8. The van der Waals surface area contributed by atoms with Gasteiger partial charge in [0.15, 0.2) is 6.61 Å². The summed E-state index contributed by atoms with van der Waals surface area (Å²) in [4.78, 5) is 36.4. The van der Waals surface area contributed by atoms with Gasteiger partial charge in [-0.1, -0.05) is 29.8 Å². The molecule has 1 N–H and O–H groups in total. The number of para-hydroxylation sites is 1. The van der Waals surface area contributed by atoms with E-state index < -0.39 is 35.4 Å². The largest absolute Gasteiger partial charge is 0.451 e. The van der Waals surface area contributed by atoms with Crippen molar-refractivity contribution in [2.75, 3.05) is 11.9 Å². The molecule has 3 rings (SSSR count). The number of halogens is 2. The molecule has 0 atom stereocenters. The van der Waals surface area contributed by atoms with Gasteiger partial charge in [0.1, 0.15) is 5.82 Å². The summed E-state index contributed by atoms with van der Waals surface area (Å²) in [5, 5.41) is 6.31. The van der Waals surface area contributed by atoms with Crippen LogP contribution in [0, 0.1) is 12.7 Å². The maximum Gasteiger partial charge on any atom is 0.363 e. The third-order valence-corrected chi connectivity index (χ3v) is 4.13. The molecule has 1 aromatic heterocycles. The monoisotopic (exact) mass is 415 g/mol. The van der Waals surface area contributed by atoms with E-state index in [1.807, 2.05) is 6.07 Å². The third-order valence-electron chi connectivity index (χ3n) is 3.84. The van der Waals surface area contributed by atoms with Gasteiger partial charge in [-0.2, -0.15) is 5.10 Å². The standard InChI is InChI=1S/C20H15ClFN3O4/c1-12-9-17(26)19(24-25(12)14-5-3-2-4-6-14)20(28)29-11-18(27)23-13-7-8-16(22)15(21)10-13/h2-10H,11H2,1H3,(H,23,27). The molecule has 29 heavy (non-hydrogen) atoms. The van der Waals surface area contributed by atoms with Crippen molar-refractivity contribution in [2.45, 2.75) is 6.92 Å². The predicted octanol–water partition coefficient (Wildman–Crippen LogP) is 3.13. The van der Waals surface area contributed by atoms with Gasteiger partial charge < -0.3 is 10.1 Å². The van der Waals surface area contributed by atoms with Crippen molar-refractivity contribution in [3.05, 3.63) is 87.0 Å². The van der Waals surface area contributed by atoms with Crippen LogP contribution in [0.25, 0.3) is 5.69 Å². The lowest BCUT2D eigenvalue weighted by molar-refractivity contribution is -0.119. The number of esters is 1. The van der Waals surface area contributed by atoms with Crippen LogP contribution in [0.15, 0.2) is 59.4 Å². The second-order valence-electron chi connectivity index (χ2n) is 6.00. The van der Waals surface area contributed by atoms with Crippen LogP contribution in [0.2, 0.25) is 5.02 Å². The number of aryl methyl sites for hydroxylation is 1. The topological polar surface area (TPSA) is 90.3 Å². The van der Waals surface area contributed by atoms with Crippen molar-refractivity contribution in [1.29, 1.82) is 0 Å². The van der Waals surface area contributed by atoms with E-state index in [1.165, 1.54) is 22.9 Å². The molecule has 0 aliphatic carbocycles. The normalized spacial score (nSPS) is 10.4. The average molecular weight is 416 g/mol. The Bertz CT molecular complexity index is 1130. The van der Waals surface area contributed by atoms with Crippen molar-refractivity contribution in [1.82, 2.24) is 9.78 Å². The molecular weight excluding hydrogens is 401 g/mol. The second-order valence-corrected chi connectivity index (χ2v) is 6.41. The van der Waals surface area contributed by atoms with E-state index in [0.29, 0.717) is 11.4 Å². The molecule has 0 spiro atoms. The Kier molecular flexibility index (Phi) is 6.04. The molecule has 148 valence electrons. The Balaban J connectivity index is 1.71. The molecule has 1 amide bonds. The van der Waals surface area contributed by atoms with E-state index in [1.54, 1.807) is 31.2 Å². The zero-order chi connectivity index (χ0) is 21.0. The average Bonchev–Trinajstić information content (AvgIpc) is 2.70. The number of nitrogens with one attached hydrogen (secondary N) is 1. The minimum atomic E-state index is -1.04. The van der Waals surface area contributed by atoms with Gasteiger partial charge in [0.2, 0.25) is 11.1 Å². The van der Waals surface area contributed by atoms with Gasteiger partial charge >= 0.3 is 5.97 Å². The number of benzene rings is 2. The Morgan fingerprint density at radius 1 is 1.17 bits per heavy atom. The van der Waals surface area contributed by atoms with Crippen molar-refractivity contribution in [3.8, 4) is 5.69 Å². The summed E-state index contributed by atoms with van der Waals surface area (Å²) in [5.74, 6) is -2.35. The zero-order valence-corrected chi connectivity index (χ0v) is 15.9. The van der Waals surface area contributed by atoms with Crippen LogP contribution in [-0.4, -0.2) is 28.3 Å². The van der Waals surface area contributed by atoms with Crippen molar-refractivity contribution in [3.63, 3.8) is 0 Å². The highest BCUT2D eigenvalue weighted by atomic mass is 35.5. The summed E-state index contributed by atoms with van der Waals surface area (Å²) in [5.41, 5.74) is 0.355. The number of anilines is 1. The first kappa shape index (κ1) is 20.2. The molecule has 3 aromatic rings. The number of nitrogens with zero attached hydrogens (tertiary/aromatic N) is 2. The molecule has 0 radical (unpaired) electrons. The Morgan fingerprint density at radius 3 is 2.59 bits per heavy atom. The number of hydrogen-bond donors (Lipinski definition) is 1. The maximum atomic E-state index is 13.1.